The molecule has 0 aromatic carbocycles. The van der Waals surface area contributed by atoms with Crippen LogP contribution in [-0.4, -0.2) is 11.7 Å². The summed E-state index contributed by atoms with van der Waals surface area (Å²) in [6.45, 7) is 2.57. The Balaban J connectivity index is 1.35. The van der Waals surface area contributed by atoms with Gasteiger partial charge in [-0.1, -0.05) is 51.4 Å². The molecule has 3 nitrogen and oxygen atoms in total. The van der Waals surface area contributed by atoms with Gasteiger partial charge in [-0.3, -0.25) is 0 Å². The van der Waals surface area contributed by atoms with Gasteiger partial charge in [-0.25, -0.2) is 9.13 Å². The molecule has 1 aliphatic carbocycles. The highest BCUT2D eigenvalue weighted by Gasteiger charge is 2.14. The van der Waals surface area contributed by atoms with Crippen molar-refractivity contribution in [2.24, 2.45) is 5.92 Å². The van der Waals surface area contributed by atoms with Crippen LogP contribution in [0.5, 0.6) is 0 Å². The molecule has 2 heterocycles. The minimum absolute atomic E-state index is 0.337. The van der Waals surface area contributed by atoms with E-state index in [4.69, 9.17) is 5.11 Å². The molecule has 0 amide bonds. The molecule has 0 bridgehead atoms. The number of rotatable bonds is 14. The molecule has 164 valence electrons. The number of pyridine rings is 2. The summed E-state index contributed by atoms with van der Waals surface area (Å²) in [5.74, 6) is 1.02. The van der Waals surface area contributed by atoms with Crippen molar-refractivity contribution in [3.63, 3.8) is 0 Å². The quantitative estimate of drug-likeness (QED) is 0.318. The third kappa shape index (κ3) is 8.18. The molecule has 0 atom stereocenters. The minimum atomic E-state index is 0.337. The number of hydrogen-bond donors (Lipinski definition) is 1. The van der Waals surface area contributed by atoms with Crippen LogP contribution in [0.1, 0.15) is 83.5 Å². The van der Waals surface area contributed by atoms with Crippen LogP contribution in [0.15, 0.2) is 49.1 Å². The van der Waals surface area contributed by atoms with Gasteiger partial charge in [0.2, 0.25) is 0 Å². The van der Waals surface area contributed by atoms with Crippen LogP contribution in [0.4, 0.5) is 0 Å². The highest BCUT2D eigenvalue weighted by atomic mass is 16.2. The van der Waals surface area contributed by atoms with Crippen molar-refractivity contribution in [2.75, 3.05) is 6.61 Å². The Kier molecular flexibility index (Phi) is 10.4. The Bertz CT molecular complexity index is 690. The van der Waals surface area contributed by atoms with Gasteiger partial charge in [-0.2, -0.15) is 0 Å². The van der Waals surface area contributed by atoms with Gasteiger partial charge in [0.25, 0.3) is 0 Å². The molecule has 2 aromatic heterocycles. The largest absolute Gasteiger partial charge is 0.396 e. The van der Waals surface area contributed by atoms with Gasteiger partial charge in [-0.15, -0.1) is 0 Å². The number of aliphatic hydroxyl groups is 1. The molecule has 0 unspecified atom stereocenters. The summed E-state index contributed by atoms with van der Waals surface area (Å²) in [4.78, 5) is 0. The number of aliphatic hydroxyl groups excluding tert-OH is 1. The molecule has 3 rings (SSSR count). The average Bonchev–Trinajstić information content (AvgIpc) is 3.31. The molecule has 30 heavy (non-hydrogen) atoms. The molecule has 0 radical (unpaired) electrons. The van der Waals surface area contributed by atoms with Crippen molar-refractivity contribution in [3.05, 3.63) is 49.1 Å². The Morgan fingerprint density at radius 3 is 1.63 bits per heavy atom. The molecule has 0 spiro atoms. The molecular formula is C27H42N2O+2. The van der Waals surface area contributed by atoms with E-state index in [0.29, 0.717) is 6.61 Å². The van der Waals surface area contributed by atoms with Gasteiger partial charge in [0.1, 0.15) is 13.1 Å². The standard InChI is InChI=1S/C27H42N2O/c30-24-10-4-2-1-3-8-18-28-20-14-26(15-21-28)27-16-22-29(23-17-27)19-9-7-13-25-11-5-6-12-25/h14-17,20-23,25,30H,1-13,18-19,24H2/q+2. The first-order valence-electron chi connectivity index (χ1n) is 12.4. The van der Waals surface area contributed by atoms with E-state index in [9.17, 15) is 0 Å². The first kappa shape index (κ1) is 22.9. The zero-order valence-corrected chi connectivity index (χ0v) is 18.9. The Morgan fingerprint density at radius 2 is 1.10 bits per heavy atom. The van der Waals surface area contributed by atoms with Crippen molar-refractivity contribution in [1.82, 2.24) is 0 Å². The van der Waals surface area contributed by atoms with Gasteiger partial charge in [0.05, 0.1) is 0 Å². The van der Waals surface area contributed by atoms with Crippen LogP contribution < -0.4 is 9.13 Å². The van der Waals surface area contributed by atoms with Crippen molar-refractivity contribution in [1.29, 1.82) is 0 Å². The van der Waals surface area contributed by atoms with Gasteiger partial charge in [0.15, 0.2) is 24.8 Å². The fourth-order valence-corrected chi connectivity index (χ4v) is 4.74. The number of hydrogen-bond acceptors (Lipinski definition) is 1. The van der Waals surface area contributed by atoms with Crippen molar-refractivity contribution >= 4 is 0 Å². The fraction of sp³-hybridized carbons (Fsp3) is 0.630. The topological polar surface area (TPSA) is 28.0 Å². The normalized spacial score (nSPS) is 14.4. The summed E-state index contributed by atoms with van der Waals surface area (Å²) in [5, 5.41) is 8.81. The SMILES string of the molecule is OCCCCCCCC[n+]1ccc(-c2cc[n+](CCCCC3CCCC3)cc2)cc1. The summed E-state index contributed by atoms with van der Waals surface area (Å²) in [6, 6.07) is 8.98. The first-order valence-corrected chi connectivity index (χ1v) is 12.4. The van der Waals surface area contributed by atoms with Crippen molar-refractivity contribution in [2.45, 2.75) is 96.6 Å². The lowest BCUT2D eigenvalue weighted by Crippen LogP contribution is -2.33. The van der Waals surface area contributed by atoms with Crippen LogP contribution in [0, 0.1) is 5.92 Å². The molecule has 0 aliphatic heterocycles. The Morgan fingerprint density at radius 1 is 0.633 bits per heavy atom. The van der Waals surface area contributed by atoms with E-state index >= 15 is 0 Å². The van der Waals surface area contributed by atoms with E-state index < -0.39 is 0 Å². The lowest BCUT2D eigenvalue weighted by Gasteiger charge is -2.07. The highest BCUT2D eigenvalue weighted by Crippen LogP contribution is 2.28. The number of aryl methyl sites for hydroxylation is 2. The summed E-state index contributed by atoms with van der Waals surface area (Å²) in [6.07, 6.45) is 26.1. The molecular weight excluding hydrogens is 368 g/mol. The lowest BCUT2D eigenvalue weighted by molar-refractivity contribution is -0.697. The average molecular weight is 411 g/mol. The Hall–Kier alpha value is -1.74. The second kappa shape index (κ2) is 13.5. The molecule has 3 heteroatoms. The smallest absolute Gasteiger partial charge is 0.169 e. The van der Waals surface area contributed by atoms with E-state index in [2.05, 4.69) is 58.2 Å². The van der Waals surface area contributed by atoms with E-state index in [1.54, 1.807) is 0 Å². The fourth-order valence-electron chi connectivity index (χ4n) is 4.74. The maximum Gasteiger partial charge on any atom is 0.169 e. The minimum Gasteiger partial charge on any atom is -0.396 e. The maximum atomic E-state index is 8.81. The van der Waals surface area contributed by atoms with Gasteiger partial charge in [-0.05, 0) is 36.3 Å². The number of aromatic nitrogens is 2. The van der Waals surface area contributed by atoms with Crippen LogP contribution in [0.25, 0.3) is 11.1 Å². The third-order valence-corrected chi connectivity index (χ3v) is 6.69. The predicted molar refractivity (Wildman–Crippen MR) is 123 cm³/mol. The first-order chi connectivity index (χ1) is 14.8. The molecule has 1 N–H and O–H groups in total. The van der Waals surface area contributed by atoms with Gasteiger partial charge >= 0.3 is 0 Å². The molecule has 1 saturated carbocycles. The monoisotopic (exact) mass is 410 g/mol. The van der Waals surface area contributed by atoms with E-state index in [1.807, 2.05) is 0 Å². The molecule has 2 aromatic rings. The third-order valence-electron chi connectivity index (χ3n) is 6.69. The zero-order chi connectivity index (χ0) is 20.9. The van der Waals surface area contributed by atoms with Crippen LogP contribution >= 0.6 is 0 Å². The number of unbranched alkanes of at least 4 members (excludes halogenated alkanes) is 6. The van der Waals surface area contributed by atoms with Crippen LogP contribution in [0.3, 0.4) is 0 Å². The van der Waals surface area contributed by atoms with Crippen molar-refractivity contribution < 1.29 is 14.2 Å². The van der Waals surface area contributed by atoms with Crippen LogP contribution in [0.2, 0.25) is 0 Å². The van der Waals surface area contributed by atoms with E-state index in [-0.39, 0.29) is 0 Å². The molecule has 1 aliphatic rings. The second-order valence-corrected chi connectivity index (χ2v) is 9.14. The highest BCUT2D eigenvalue weighted by molar-refractivity contribution is 5.60. The van der Waals surface area contributed by atoms with E-state index in [1.165, 1.54) is 81.8 Å². The van der Waals surface area contributed by atoms with Gasteiger partial charge in [0, 0.05) is 43.7 Å². The number of nitrogens with zero attached hydrogens (tertiary/aromatic N) is 2. The summed E-state index contributed by atoms with van der Waals surface area (Å²) in [7, 11) is 0. The van der Waals surface area contributed by atoms with Crippen molar-refractivity contribution in [3.8, 4) is 11.1 Å². The summed E-state index contributed by atoms with van der Waals surface area (Å²) < 4.78 is 4.63. The summed E-state index contributed by atoms with van der Waals surface area (Å²) in [5.41, 5.74) is 2.59. The lowest BCUT2D eigenvalue weighted by atomic mass is 10.0. The Labute approximate surface area is 183 Å². The van der Waals surface area contributed by atoms with Crippen LogP contribution in [-0.2, 0) is 13.1 Å². The summed E-state index contributed by atoms with van der Waals surface area (Å²) >= 11 is 0. The molecule has 1 fully saturated rings. The second-order valence-electron chi connectivity index (χ2n) is 9.14. The predicted octanol–water partition coefficient (Wildman–Crippen LogP) is 5.62. The zero-order valence-electron chi connectivity index (χ0n) is 18.9. The van der Waals surface area contributed by atoms with Gasteiger partial charge < -0.3 is 5.11 Å². The molecule has 0 saturated heterocycles. The van der Waals surface area contributed by atoms with E-state index in [0.717, 1.165) is 31.8 Å². The maximum absolute atomic E-state index is 8.81.